The van der Waals surface area contributed by atoms with Gasteiger partial charge in [0.25, 0.3) is 0 Å². The van der Waals surface area contributed by atoms with Crippen molar-refractivity contribution in [3.05, 3.63) is 35.9 Å². The fraction of sp³-hybridized carbons (Fsp3) is 0.625. The van der Waals surface area contributed by atoms with Crippen LogP contribution in [0.2, 0.25) is 0 Å². The van der Waals surface area contributed by atoms with Gasteiger partial charge in [-0.3, -0.25) is 0 Å². The Morgan fingerprint density at radius 2 is 1.72 bits per heavy atom. The van der Waals surface area contributed by atoms with Crippen molar-refractivity contribution in [3.8, 4) is 0 Å². The molecular formula is C16H28ClN. The minimum atomic E-state index is 0. The lowest BCUT2D eigenvalue weighted by Crippen LogP contribution is -3.00. The predicted molar refractivity (Wildman–Crippen MR) is 75.3 cm³/mol. The molecule has 18 heavy (non-hydrogen) atoms. The number of hydrogen-bond acceptors (Lipinski definition) is 0. The first-order valence-corrected chi connectivity index (χ1v) is 7.17. The monoisotopic (exact) mass is 269 g/mol. The zero-order valence-electron chi connectivity index (χ0n) is 12.0. The molecule has 0 saturated carbocycles. The van der Waals surface area contributed by atoms with Crippen LogP contribution in [0.1, 0.15) is 57.9 Å². The minimum absolute atomic E-state index is 0. The summed E-state index contributed by atoms with van der Waals surface area (Å²) in [6.07, 6.45) is 5.24. The van der Waals surface area contributed by atoms with Crippen LogP contribution in [0.3, 0.4) is 0 Å². The van der Waals surface area contributed by atoms with E-state index in [1.165, 1.54) is 37.8 Å². The molecule has 2 unspecified atom stereocenters. The molecule has 2 heteroatoms. The summed E-state index contributed by atoms with van der Waals surface area (Å²) in [6, 6.07) is 11.7. The van der Waals surface area contributed by atoms with Crippen molar-refractivity contribution < 1.29 is 17.7 Å². The molecule has 104 valence electrons. The minimum Gasteiger partial charge on any atom is -1.00 e. The van der Waals surface area contributed by atoms with Crippen LogP contribution in [0.5, 0.6) is 0 Å². The van der Waals surface area contributed by atoms with Crippen LogP contribution in [0.25, 0.3) is 0 Å². The average molecular weight is 270 g/mol. The smallest absolute Gasteiger partial charge is 0.0925 e. The molecule has 1 rings (SSSR count). The summed E-state index contributed by atoms with van der Waals surface area (Å²) < 4.78 is 0. The zero-order valence-corrected chi connectivity index (χ0v) is 12.8. The van der Waals surface area contributed by atoms with Gasteiger partial charge in [0.05, 0.1) is 12.6 Å². The number of rotatable bonds is 8. The second-order valence-electron chi connectivity index (χ2n) is 5.03. The SMILES string of the molecule is CCCC[NH2+]C(CCC)C(C)c1ccccc1.[Cl-]. The van der Waals surface area contributed by atoms with Crippen molar-refractivity contribution in [1.29, 1.82) is 0 Å². The Morgan fingerprint density at radius 1 is 1.06 bits per heavy atom. The molecule has 2 atom stereocenters. The summed E-state index contributed by atoms with van der Waals surface area (Å²) in [5.41, 5.74) is 1.48. The quantitative estimate of drug-likeness (QED) is 0.655. The molecule has 2 N–H and O–H groups in total. The van der Waals surface area contributed by atoms with E-state index in [2.05, 4.69) is 56.4 Å². The fourth-order valence-corrected chi connectivity index (χ4v) is 2.45. The summed E-state index contributed by atoms with van der Waals surface area (Å²) in [6.45, 7) is 8.21. The maximum atomic E-state index is 2.56. The number of hydrogen-bond donors (Lipinski definition) is 1. The van der Waals surface area contributed by atoms with E-state index in [-0.39, 0.29) is 12.4 Å². The molecule has 0 aromatic heterocycles. The number of halogens is 1. The van der Waals surface area contributed by atoms with Crippen molar-refractivity contribution >= 4 is 0 Å². The standard InChI is InChI=1S/C16H27N.ClH/c1-4-6-13-17-16(10-5-2)14(3)15-11-8-7-9-12-15;/h7-9,11-12,14,16-17H,4-6,10,13H2,1-3H3;1H. The van der Waals surface area contributed by atoms with Gasteiger partial charge in [-0.05, 0) is 18.4 Å². The Morgan fingerprint density at radius 3 is 2.28 bits per heavy atom. The normalized spacial score (nSPS) is 13.7. The highest BCUT2D eigenvalue weighted by Crippen LogP contribution is 2.19. The van der Waals surface area contributed by atoms with Crippen molar-refractivity contribution in [3.63, 3.8) is 0 Å². The molecule has 0 saturated heterocycles. The molecule has 0 aliphatic rings. The molecule has 0 fully saturated rings. The fourth-order valence-electron chi connectivity index (χ4n) is 2.45. The predicted octanol–water partition coefficient (Wildman–Crippen LogP) is 0.326. The van der Waals surface area contributed by atoms with Crippen LogP contribution in [-0.2, 0) is 0 Å². The second-order valence-corrected chi connectivity index (χ2v) is 5.03. The summed E-state index contributed by atoms with van der Waals surface area (Å²) in [7, 11) is 0. The maximum absolute atomic E-state index is 2.56. The second kappa shape index (κ2) is 10.4. The van der Waals surface area contributed by atoms with Gasteiger partial charge < -0.3 is 17.7 Å². The first kappa shape index (κ1) is 17.5. The molecule has 0 aliphatic carbocycles. The largest absolute Gasteiger partial charge is 1.00 e. The van der Waals surface area contributed by atoms with E-state index in [1.54, 1.807) is 0 Å². The lowest BCUT2D eigenvalue weighted by molar-refractivity contribution is -0.692. The molecular weight excluding hydrogens is 242 g/mol. The van der Waals surface area contributed by atoms with Crippen LogP contribution >= 0.6 is 0 Å². The molecule has 1 aromatic rings. The summed E-state index contributed by atoms with van der Waals surface area (Å²) in [4.78, 5) is 0. The lowest BCUT2D eigenvalue weighted by Gasteiger charge is -2.22. The number of quaternary nitrogens is 1. The zero-order chi connectivity index (χ0) is 12.5. The Balaban J connectivity index is 0.00000289. The molecule has 1 nitrogen and oxygen atoms in total. The van der Waals surface area contributed by atoms with Crippen LogP contribution in [-0.4, -0.2) is 12.6 Å². The van der Waals surface area contributed by atoms with Crippen molar-refractivity contribution in [1.82, 2.24) is 0 Å². The van der Waals surface area contributed by atoms with Gasteiger partial charge in [-0.1, -0.05) is 63.9 Å². The molecule has 0 heterocycles. The Hall–Kier alpha value is -0.530. The van der Waals surface area contributed by atoms with E-state index >= 15 is 0 Å². The van der Waals surface area contributed by atoms with E-state index in [0.29, 0.717) is 5.92 Å². The highest BCUT2D eigenvalue weighted by Gasteiger charge is 2.20. The first-order valence-electron chi connectivity index (χ1n) is 7.17. The summed E-state index contributed by atoms with van der Waals surface area (Å²) in [5, 5.41) is 2.56. The van der Waals surface area contributed by atoms with Crippen LogP contribution in [0.4, 0.5) is 0 Å². The van der Waals surface area contributed by atoms with Crippen molar-refractivity contribution in [2.75, 3.05) is 6.54 Å². The molecule has 0 amide bonds. The number of benzene rings is 1. The van der Waals surface area contributed by atoms with E-state index < -0.39 is 0 Å². The van der Waals surface area contributed by atoms with Gasteiger partial charge in [0.1, 0.15) is 0 Å². The van der Waals surface area contributed by atoms with Crippen molar-refractivity contribution in [2.24, 2.45) is 0 Å². The molecule has 0 radical (unpaired) electrons. The summed E-state index contributed by atoms with van der Waals surface area (Å²) >= 11 is 0. The van der Waals surface area contributed by atoms with Gasteiger partial charge in [0.2, 0.25) is 0 Å². The first-order chi connectivity index (χ1) is 8.29. The molecule has 0 spiro atoms. The Kier molecular flexibility index (Phi) is 10.1. The van der Waals surface area contributed by atoms with E-state index in [1.807, 2.05) is 0 Å². The third-order valence-electron chi connectivity index (χ3n) is 3.62. The summed E-state index contributed by atoms with van der Waals surface area (Å²) in [5.74, 6) is 0.660. The van der Waals surface area contributed by atoms with Gasteiger partial charge in [-0.25, -0.2) is 0 Å². The molecule has 0 aliphatic heterocycles. The maximum Gasteiger partial charge on any atom is 0.0925 e. The highest BCUT2D eigenvalue weighted by molar-refractivity contribution is 5.19. The van der Waals surface area contributed by atoms with Gasteiger partial charge in [-0.15, -0.1) is 0 Å². The van der Waals surface area contributed by atoms with Gasteiger partial charge in [-0.2, -0.15) is 0 Å². The third kappa shape index (κ3) is 5.88. The van der Waals surface area contributed by atoms with Gasteiger partial charge in [0.15, 0.2) is 0 Å². The molecule has 0 bridgehead atoms. The molecule has 1 aromatic carbocycles. The highest BCUT2D eigenvalue weighted by atomic mass is 35.5. The van der Waals surface area contributed by atoms with Crippen LogP contribution in [0, 0.1) is 0 Å². The third-order valence-corrected chi connectivity index (χ3v) is 3.62. The van der Waals surface area contributed by atoms with Gasteiger partial charge in [0, 0.05) is 5.92 Å². The van der Waals surface area contributed by atoms with E-state index in [4.69, 9.17) is 0 Å². The Bertz CT molecular complexity index is 286. The Labute approximate surface area is 119 Å². The topological polar surface area (TPSA) is 16.6 Å². The van der Waals surface area contributed by atoms with E-state index in [9.17, 15) is 0 Å². The van der Waals surface area contributed by atoms with E-state index in [0.717, 1.165) is 6.04 Å². The average Bonchev–Trinajstić information content (AvgIpc) is 2.38. The van der Waals surface area contributed by atoms with Crippen LogP contribution in [0.15, 0.2) is 30.3 Å². The lowest BCUT2D eigenvalue weighted by atomic mass is 9.90. The number of nitrogens with two attached hydrogens (primary N) is 1. The van der Waals surface area contributed by atoms with Gasteiger partial charge >= 0.3 is 0 Å². The van der Waals surface area contributed by atoms with Crippen LogP contribution < -0.4 is 17.7 Å². The van der Waals surface area contributed by atoms with Crippen molar-refractivity contribution in [2.45, 2.75) is 58.4 Å². The number of unbranched alkanes of at least 4 members (excludes halogenated alkanes) is 1.